The summed E-state index contributed by atoms with van der Waals surface area (Å²) in [7, 11) is 0. The molecule has 3 heteroatoms. The summed E-state index contributed by atoms with van der Waals surface area (Å²) in [6.45, 7) is 8.05. The molecule has 4 unspecified atom stereocenters. The van der Waals surface area contributed by atoms with Gasteiger partial charge in [-0.25, -0.2) is 0 Å². The summed E-state index contributed by atoms with van der Waals surface area (Å²) in [6.07, 6.45) is 8.01. The van der Waals surface area contributed by atoms with Crippen molar-refractivity contribution in [3.63, 3.8) is 0 Å². The molecule has 0 spiro atoms. The highest BCUT2D eigenvalue weighted by Gasteiger charge is 2.35. The highest BCUT2D eigenvalue weighted by atomic mass is 16.3. The molecule has 0 aromatic rings. The minimum absolute atomic E-state index is 0.299. The lowest BCUT2D eigenvalue weighted by molar-refractivity contribution is 0.01000. The molecule has 0 aromatic carbocycles. The molecule has 1 aliphatic carbocycles. The van der Waals surface area contributed by atoms with Crippen LogP contribution in [0, 0.1) is 11.8 Å². The van der Waals surface area contributed by atoms with E-state index >= 15 is 0 Å². The van der Waals surface area contributed by atoms with E-state index in [1.165, 1.54) is 45.1 Å². The van der Waals surface area contributed by atoms with E-state index in [9.17, 15) is 5.11 Å². The Balaban J connectivity index is 1.85. The van der Waals surface area contributed by atoms with Gasteiger partial charge in [0.2, 0.25) is 0 Å². The maximum atomic E-state index is 10.4. The second kappa shape index (κ2) is 6.55. The number of aliphatic hydroxyl groups is 1. The number of nitrogens with one attached hydrogen (secondary N) is 2. The van der Waals surface area contributed by atoms with Crippen LogP contribution in [0.25, 0.3) is 0 Å². The quantitative estimate of drug-likeness (QED) is 0.717. The van der Waals surface area contributed by atoms with Crippen LogP contribution < -0.4 is 10.6 Å². The molecule has 0 aromatic heterocycles. The van der Waals surface area contributed by atoms with E-state index in [4.69, 9.17) is 0 Å². The molecule has 1 heterocycles. The van der Waals surface area contributed by atoms with E-state index in [2.05, 4.69) is 24.5 Å². The van der Waals surface area contributed by atoms with Crippen LogP contribution in [-0.2, 0) is 0 Å². The van der Waals surface area contributed by atoms with E-state index in [0.717, 1.165) is 12.5 Å². The smallest absolute Gasteiger partial charge is 0.0766 e. The number of hydrogen-bond acceptors (Lipinski definition) is 3. The molecule has 19 heavy (non-hydrogen) atoms. The van der Waals surface area contributed by atoms with Gasteiger partial charge in [-0.05, 0) is 51.0 Å². The third-order valence-electron chi connectivity index (χ3n) is 5.40. The lowest BCUT2D eigenvalue weighted by Crippen LogP contribution is -2.51. The van der Waals surface area contributed by atoms with Crippen LogP contribution in [-0.4, -0.2) is 35.9 Å². The predicted molar refractivity (Wildman–Crippen MR) is 80.2 cm³/mol. The van der Waals surface area contributed by atoms with Crippen LogP contribution in [0.2, 0.25) is 0 Å². The highest BCUT2D eigenvalue weighted by Crippen LogP contribution is 2.32. The van der Waals surface area contributed by atoms with Crippen LogP contribution in [0.5, 0.6) is 0 Å². The van der Waals surface area contributed by atoms with E-state index in [-0.39, 0.29) is 0 Å². The molecule has 1 aliphatic heterocycles. The Kier molecular flexibility index (Phi) is 5.27. The van der Waals surface area contributed by atoms with Gasteiger partial charge in [0, 0.05) is 18.6 Å². The Labute approximate surface area is 118 Å². The lowest BCUT2D eigenvalue weighted by atomic mass is 9.87. The van der Waals surface area contributed by atoms with Gasteiger partial charge in [-0.2, -0.15) is 0 Å². The largest absolute Gasteiger partial charge is 0.389 e. The molecule has 4 atom stereocenters. The van der Waals surface area contributed by atoms with E-state index in [0.29, 0.717) is 18.0 Å². The minimum Gasteiger partial charge on any atom is -0.389 e. The second-order valence-electron chi connectivity index (χ2n) is 7.15. The Hall–Kier alpha value is -0.120. The molecule has 3 N–H and O–H groups in total. The Morgan fingerprint density at radius 2 is 2.00 bits per heavy atom. The maximum absolute atomic E-state index is 10.4. The molecule has 112 valence electrons. The maximum Gasteiger partial charge on any atom is 0.0766 e. The zero-order valence-corrected chi connectivity index (χ0v) is 12.9. The first-order valence-electron chi connectivity index (χ1n) is 8.20. The minimum atomic E-state index is -0.590. The monoisotopic (exact) mass is 268 g/mol. The van der Waals surface area contributed by atoms with Crippen molar-refractivity contribution in [1.29, 1.82) is 0 Å². The number of hydrogen-bond donors (Lipinski definition) is 3. The Bertz CT molecular complexity index is 272. The summed E-state index contributed by atoms with van der Waals surface area (Å²) in [4.78, 5) is 0. The average molecular weight is 268 g/mol. The molecule has 1 saturated heterocycles. The van der Waals surface area contributed by atoms with Crippen molar-refractivity contribution < 1.29 is 5.11 Å². The van der Waals surface area contributed by atoms with Crippen LogP contribution in [0.4, 0.5) is 0 Å². The Morgan fingerprint density at radius 1 is 1.21 bits per heavy atom. The van der Waals surface area contributed by atoms with E-state index < -0.39 is 5.60 Å². The van der Waals surface area contributed by atoms with Crippen molar-refractivity contribution in [2.45, 2.75) is 77.0 Å². The van der Waals surface area contributed by atoms with Gasteiger partial charge in [0.1, 0.15) is 0 Å². The molecular formula is C16H32N2O. The van der Waals surface area contributed by atoms with Crippen LogP contribution in [0.1, 0.15) is 59.3 Å². The van der Waals surface area contributed by atoms with Crippen molar-refractivity contribution in [3.8, 4) is 0 Å². The average Bonchev–Trinajstić information content (AvgIpc) is 2.85. The first kappa shape index (κ1) is 15.3. The highest BCUT2D eigenvalue weighted by molar-refractivity contribution is 4.93. The fourth-order valence-corrected chi connectivity index (χ4v) is 3.51. The zero-order chi connectivity index (χ0) is 13.9. The van der Waals surface area contributed by atoms with E-state index in [1.807, 2.05) is 6.92 Å². The van der Waals surface area contributed by atoms with Gasteiger partial charge in [0.15, 0.2) is 0 Å². The van der Waals surface area contributed by atoms with Crippen LogP contribution >= 0.6 is 0 Å². The van der Waals surface area contributed by atoms with Crippen molar-refractivity contribution in [2.24, 2.45) is 11.8 Å². The first-order chi connectivity index (χ1) is 9.00. The third-order valence-corrected chi connectivity index (χ3v) is 5.40. The topological polar surface area (TPSA) is 44.3 Å². The second-order valence-corrected chi connectivity index (χ2v) is 7.15. The van der Waals surface area contributed by atoms with Gasteiger partial charge in [-0.1, -0.05) is 26.7 Å². The molecular weight excluding hydrogens is 236 g/mol. The predicted octanol–water partition coefficient (Wildman–Crippen LogP) is 2.29. The number of piperidine rings is 1. The lowest BCUT2D eigenvalue weighted by Gasteiger charge is -2.35. The molecule has 3 nitrogen and oxygen atoms in total. The zero-order valence-electron chi connectivity index (χ0n) is 12.9. The van der Waals surface area contributed by atoms with E-state index in [1.54, 1.807) is 0 Å². The van der Waals surface area contributed by atoms with Crippen molar-refractivity contribution >= 4 is 0 Å². The van der Waals surface area contributed by atoms with Gasteiger partial charge < -0.3 is 15.7 Å². The first-order valence-corrected chi connectivity index (χ1v) is 8.20. The normalized spacial score (nSPS) is 35.5. The number of rotatable bonds is 5. The molecule has 0 amide bonds. The van der Waals surface area contributed by atoms with Gasteiger partial charge in [-0.3, -0.25) is 0 Å². The molecule has 2 aliphatic rings. The standard InChI is InChI=1S/C16H32N2O/c1-12(2)16(3,19)11-18-15-9-6-7-13(15)14-8-4-5-10-17-14/h12-15,17-19H,4-11H2,1-3H3. The summed E-state index contributed by atoms with van der Waals surface area (Å²) in [6, 6.07) is 1.30. The SMILES string of the molecule is CC(C)C(C)(O)CNC1CCCC1C1CCCCN1. The van der Waals surface area contributed by atoms with Gasteiger partial charge in [-0.15, -0.1) is 0 Å². The van der Waals surface area contributed by atoms with Gasteiger partial charge in [0.05, 0.1) is 5.60 Å². The van der Waals surface area contributed by atoms with Crippen molar-refractivity contribution in [2.75, 3.05) is 13.1 Å². The summed E-state index contributed by atoms with van der Waals surface area (Å²) in [5.74, 6) is 1.07. The van der Waals surface area contributed by atoms with Crippen LogP contribution in [0.15, 0.2) is 0 Å². The molecule has 0 bridgehead atoms. The fraction of sp³-hybridized carbons (Fsp3) is 1.00. The molecule has 0 radical (unpaired) electrons. The van der Waals surface area contributed by atoms with Crippen molar-refractivity contribution in [3.05, 3.63) is 0 Å². The molecule has 1 saturated carbocycles. The fourth-order valence-electron chi connectivity index (χ4n) is 3.51. The summed E-state index contributed by atoms with van der Waals surface area (Å²) in [5.41, 5.74) is -0.590. The van der Waals surface area contributed by atoms with Gasteiger partial charge in [0.25, 0.3) is 0 Å². The van der Waals surface area contributed by atoms with Crippen molar-refractivity contribution in [1.82, 2.24) is 10.6 Å². The molecule has 2 fully saturated rings. The summed E-state index contributed by atoms with van der Waals surface area (Å²) < 4.78 is 0. The Morgan fingerprint density at radius 3 is 2.63 bits per heavy atom. The van der Waals surface area contributed by atoms with Gasteiger partial charge >= 0.3 is 0 Å². The third kappa shape index (κ3) is 3.93. The summed E-state index contributed by atoms with van der Waals surface area (Å²) in [5, 5.41) is 17.7. The summed E-state index contributed by atoms with van der Waals surface area (Å²) >= 11 is 0. The van der Waals surface area contributed by atoms with Crippen LogP contribution in [0.3, 0.4) is 0 Å². The molecule has 2 rings (SSSR count).